The van der Waals surface area contributed by atoms with Crippen LogP contribution in [0.3, 0.4) is 0 Å². The van der Waals surface area contributed by atoms with E-state index in [1.165, 1.54) is 4.90 Å². The first-order chi connectivity index (χ1) is 9.81. The predicted octanol–water partition coefficient (Wildman–Crippen LogP) is 1.53. The molecule has 0 aliphatic rings. The Morgan fingerprint density at radius 3 is 2.14 bits per heavy atom. The zero-order valence-electron chi connectivity index (χ0n) is 13.1. The number of nitrogens with one attached hydrogen (secondary N) is 1. The zero-order valence-corrected chi connectivity index (χ0v) is 13.1. The van der Waals surface area contributed by atoms with Crippen LogP contribution in [0.5, 0.6) is 0 Å². The SMILES string of the molecule is CC(C)CC(O)CNC(=O)c1ccc(C(=O)N(C)C)cc1. The lowest BCUT2D eigenvalue weighted by Gasteiger charge is -2.14. The van der Waals surface area contributed by atoms with Crippen LogP contribution in [0.25, 0.3) is 0 Å². The van der Waals surface area contributed by atoms with Gasteiger partial charge in [0.05, 0.1) is 6.10 Å². The second-order valence-electron chi connectivity index (χ2n) is 5.77. The zero-order chi connectivity index (χ0) is 16.0. The van der Waals surface area contributed by atoms with Gasteiger partial charge < -0.3 is 15.3 Å². The Morgan fingerprint density at radius 2 is 1.67 bits per heavy atom. The highest BCUT2D eigenvalue weighted by Gasteiger charge is 2.12. The summed E-state index contributed by atoms with van der Waals surface area (Å²) >= 11 is 0. The normalized spacial score (nSPS) is 12.1. The summed E-state index contributed by atoms with van der Waals surface area (Å²) in [6.45, 7) is 4.27. The lowest BCUT2D eigenvalue weighted by Crippen LogP contribution is -2.32. The van der Waals surface area contributed by atoms with E-state index in [0.717, 1.165) is 0 Å². The minimum Gasteiger partial charge on any atom is -0.391 e. The van der Waals surface area contributed by atoms with E-state index in [9.17, 15) is 14.7 Å². The molecule has 0 aliphatic heterocycles. The highest BCUT2D eigenvalue weighted by molar-refractivity contribution is 5.97. The third-order valence-electron chi connectivity index (χ3n) is 3.04. The van der Waals surface area contributed by atoms with Crippen molar-refractivity contribution < 1.29 is 14.7 Å². The Labute approximate surface area is 126 Å². The molecule has 1 aromatic carbocycles. The molecule has 0 aliphatic carbocycles. The van der Waals surface area contributed by atoms with Gasteiger partial charge in [-0.15, -0.1) is 0 Å². The largest absolute Gasteiger partial charge is 0.391 e. The molecule has 0 spiro atoms. The van der Waals surface area contributed by atoms with Gasteiger partial charge in [-0.1, -0.05) is 13.8 Å². The molecule has 0 saturated carbocycles. The Kier molecular flexibility index (Phi) is 6.37. The summed E-state index contributed by atoms with van der Waals surface area (Å²) in [6, 6.07) is 6.48. The van der Waals surface area contributed by atoms with E-state index in [2.05, 4.69) is 5.32 Å². The number of hydrogen-bond donors (Lipinski definition) is 2. The highest BCUT2D eigenvalue weighted by atomic mass is 16.3. The van der Waals surface area contributed by atoms with Crippen molar-refractivity contribution in [2.24, 2.45) is 5.92 Å². The number of carbonyl (C=O) groups is 2. The third kappa shape index (κ3) is 5.55. The number of carbonyl (C=O) groups excluding carboxylic acids is 2. The highest BCUT2D eigenvalue weighted by Crippen LogP contribution is 2.07. The second kappa shape index (κ2) is 7.78. The molecule has 0 heterocycles. The lowest BCUT2D eigenvalue weighted by molar-refractivity contribution is 0.0826. The van der Waals surface area contributed by atoms with Crippen LogP contribution in [-0.2, 0) is 0 Å². The van der Waals surface area contributed by atoms with Crippen LogP contribution in [-0.4, -0.2) is 48.6 Å². The monoisotopic (exact) mass is 292 g/mol. The number of benzene rings is 1. The topological polar surface area (TPSA) is 69.6 Å². The molecule has 2 amide bonds. The molecule has 0 aromatic heterocycles. The van der Waals surface area contributed by atoms with Crippen LogP contribution in [0.15, 0.2) is 24.3 Å². The van der Waals surface area contributed by atoms with Gasteiger partial charge in [0.25, 0.3) is 11.8 Å². The van der Waals surface area contributed by atoms with Gasteiger partial charge in [0.2, 0.25) is 0 Å². The van der Waals surface area contributed by atoms with Crippen molar-refractivity contribution in [2.75, 3.05) is 20.6 Å². The molecule has 1 aromatic rings. The second-order valence-corrected chi connectivity index (χ2v) is 5.77. The minimum atomic E-state index is -0.538. The summed E-state index contributed by atoms with van der Waals surface area (Å²) in [4.78, 5) is 25.2. The molecule has 1 rings (SSSR count). The van der Waals surface area contributed by atoms with E-state index in [1.54, 1.807) is 38.4 Å². The van der Waals surface area contributed by atoms with Crippen LogP contribution in [0, 0.1) is 5.92 Å². The third-order valence-corrected chi connectivity index (χ3v) is 3.04. The van der Waals surface area contributed by atoms with Crippen molar-refractivity contribution in [3.8, 4) is 0 Å². The lowest BCUT2D eigenvalue weighted by atomic mass is 10.1. The number of rotatable bonds is 6. The molecule has 0 fully saturated rings. The van der Waals surface area contributed by atoms with Gasteiger partial charge in [-0.05, 0) is 36.6 Å². The maximum Gasteiger partial charge on any atom is 0.253 e. The molecular weight excluding hydrogens is 268 g/mol. The Morgan fingerprint density at radius 1 is 1.14 bits per heavy atom. The Balaban J connectivity index is 2.57. The summed E-state index contributed by atoms with van der Waals surface area (Å²) in [7, 11) is 3.36. The van der Waals surface area contributed by atoms with E-state index < -0.39 is 6.10 Å². The fourth-order valence-electron chi connectivity index (χ4n) is 1.96. The first-order valence-electron chi connectivity index (χ1n) is 7.09. The standard InChI is InChI=1S/C16H24N2O3/c1-11(2)9-14(19)10-17-15(20)12-5-7-13(8-6-12)16(21)18(3)4/h5-8,11,14,19H,9-10H2,1-4H3,(H,17,20). The smallest absolute Gasteiger partial charge is 0.253 e. The minimum absolute atomic E-state index is 0.102. The van der Waals surface area contributed by atoms with Crippen molar-refractivity contribution in [3.63, 3.8) is 0 Å². The van der Waals surface area contributed by atoms with Gasteiger partial charge >= 0.3 is 0 Å². The van der Waals surface area contributed by atoms with E-state index in [4.69, 9.17) is 0 Å². The van der Waals surface area contributed by atoms with Gasteiger partial charge in [0, 0.05) is 31.8 Å². The predicted molar refractivity (Wildman–Crippen MR) is 82.3 cm³/mol. The van der Waals surface area contributed by atoms with Crippen molar-refractivity contribution in [1.29, 1.82) is 0 Å². The quantitative estimate of drug-likeness (QED) is 0.835. The summed E-state index contributed by atoms with van der Waals surface area (Å²) in [5.41, 5.74) is 1.01. The van der Waals surface area contributed by atoms with Crippen molar-refractivity contribution >= 4 is 11.8 Å². The fraction of sp³-hybridized carbons (Fsp3) is 0.500. The van der Waals surface area contributed by atoms with Gasteiger partial charge in [-0.25, -0.2) is 0 Å². The maximum absolute atomic E-state index is 11.9. The summed E-state index contributed by atoms with van der Waals surface area (Å²) in [6.07, 6.45) is 0.111. The number of nitrogens with zero attached hydrogens (tertiary/aromatic N) is 1. The molecule has 21 heavy (non-hydrogen) atoms. The van der Waals surface area contributed by atoms with E-state index in [-0.39, 0.29) is 18.4 Å². The van der Waals surface area contributed by atoms with Gasteiger partial charge in [0.1, 0.15) is 0 Å². The fourth-order valence-corrected chi connectivity index (χ4v) is 1.96. The number of amides is 2. The first kappa shape index (κ1) is 17.2. The van der Waals surface area contributed by atoms with Gasteiger partial charge in [-0.2, -0.15) is 0 Å². The van der Waals surface area contributed by atoms with Crippen LogP contribution < -0.4 is 5.32 Å². The van der Waals surface area contributed by atoms with E-state index in [0.29, 0.717) is 23.5 Å². The molecule has 1 unspecified atom stereocenters. The molecule has 116 valence electrons. The average Bonchev–Trinajstić information content (AvgIpc) is 2.43. The molecule has 0 bridgehead atoms. The van der Waals surface area contributed by atoms with Crippen LogP contribution >= 0.6 is 0 Å². The molecule has 5 heteroatoms. The number of aliphatic hydroxyl groups excluding tert-OH is 1. The molecule has 0 radical (unpaired) electrons. The number of aliphatic hydroxyl groups is 1. The molecule has 0 saturated heterocycles. The first-order valence-corrected chi connectivity index (χ1v) is 7.09. The van der Waals surface area contributed by atoms with E-state index in [1.807, 2.05) is 13.8 Å². The summed E-state index contributed by atoms with van der Waals surface area (Å²) in [5.74, 6) is 0.0317. The summed E-state index contributed by atoms with van der Waals surface area (Å²) in [5, 5.41) is 12.4. The van der Waals surface area contributed by atoms with E-state index >= 15 is 0 Å². The molecule has 2 N–H and O–H groups in total. The number of hydrogen-bond acceptors (Lipinski definition) is 3. The van der Waals surface area contributed by atoms with Crippen molar-refractivity contribution in [1.82, 2.24) is 10.2 Å². The van der Waals surface area contributed by atoms with Crippen LogP contribution in [0.1, 0.15) is 41.0 Å². The average molecular weight is 292 g/mol. The summed E-state index contributed by atoms with van der Waals surface area (Å²) < 4.78 is 0. The van der Waals surface area contributed by atoms with Gasteiger partial charge in [0.15, 0.2) is 0 Å². The Bertz CT molecular complexity index is 481. The molecular formula is C16H24N2O3. The van der Waals surface area contributed by atoms with Gasteiger partial charge in [-0.3, -0.25) is 9.59 Å². The van der Waals surface area contributed by atoms with Crippen molar-refractivity contribution in [2.45, 2.75) is 26.4 Å². The van der Waals surface area contributed by atoms with Crippen LogP contribution in [0.2, 0.25) is 0 Å². The molecule has 1 atom stereocenters. The van der Waals surface area contributed by atoms with Crippen molar-refractivity contribution in [3.05, 3.63) is 35.4 Å². The Hall–Kier alpha value is -1.88. The molecule has 5 nitrogen and oxygen atoms in total. The maximum atomic E-state index is 11.9. The van der Waals surface area contributed by atoms with Crippen LogP contribution in [0.4, 0.5) is 0 Å².